The average Bonchev–Trinajstić information content (AvgIpc) is 2.79. The summed E-state index contributed by atoms with van der Waals surface area (Å²) in [5.74, 6) is 0.936. The maximum atomic E-state index is 12.6. The Morgan fingerprint density at radius 2 is 1.85 bits per heavy atom. The molecule has 0 spiro atoms. The number of ether oxygens (including phenoxy) is 1. The smallest absolute Gasteiger partial charge is 0.243 e. The molecule has 4 nitrogen and oxygen atoms in total. The second-order valence-electron chi connectivity index (χ2n) is 5.24. The normalized spacial score (nSPS) is 22.9. The van der Waals surface area contributed by atoms with Crippen LogP contribution in [0.5, 0.6) is 0 Å². The fraction of sp³-hybridized carbons (Fsp3) is 0.467. The number of hydrogen-bond donors (Lipinski definition) is 0. The van der Waals surface area contributed by atoms with E-state index in [1.54, 1.807) is 26.3 Å². The predicted octanol–water partition coefficient (Wildman–Crippen LogP) is 2.55. The second kappa shape index (κ2) is 5.58. The second-order valence-corrected chi connectivity index (χ2v) is 7.23. The van der Waals surface area contributed by atoms with Crippen LogP contribution in [0.4, 0.5) is 0 Å². The summed E-state index contributed by atoms with van der Waals surface area (Å²) in [4.78, 5) is 0.337. The molecule has 0 fully saturated rings. The Morgan fingerprint density at radius 1 is 1.25 bits per heavy atom. The molecule has 0 unspecified atom stereocenters. The van der Waals surface area contributed by atoms with Crippen molar-refractivity contribution in [3.8, 4) is 0 Å². The van der Waals surface area contributed by atoms with Gasteiger partial charge in [0.2, 0.25) is 10.0 Å². The summed E-state index contributed by atoms with van der Waals surface area (Å²) in [6.07, 6.45) is 2.66. The molecule has 2 atom stereocenters. The molecule has 0 heterocycles. The molecular formula is C15H21NO3S. The lowest BCUT2D eigenvalue weighted by molar-refractivity contribution is 0.219. The molecule has 0 aromatic heterocycles. The van der Waals surface area contributed by atoms with Crippen LogP contribution in [-0.4, -0.2) is 32.9 Å². The van der Waals surface area contributed by atoms with Gasteiger partial charge in [-0.25, -0.2) is 8.42 Å². The zero-order valence-corrected chi connectivity index (χ0v) is 13.1. The molecule has 5 heteroatoms. The molecule has 2 rings (SSSR count). The average molecular weight is 295 g/mol. The van der Waals surface area contributed by atoms with E-state index in [4.69, 9.17) is 4.74 Å². The summed E-state index contributed by atoms with van der Waals surface area (Å²) in [5, 5.41) is 0. The first kappa shape index (κ1) is 15.1. The van der Waals surface area contributed by atoms with E-state index in [1.165, 1.54) is 4.31 Å². The summed E-state index contributed by atoms with van der Waals surface area (Å²) in [6, 6.07) is 6.86. The van der Waals surface area contributed by atoms with Crippen molar-refractivity contribution in [3.63, 3.8) is 0 Å². The van der Waals surface area contributed by atoms with Gasteiger partial charge in [0.1, 0.15) is 0 Å². The highest BCUT2D eigenvalue weighted by atomic mass is 32.2. The van der Waals surface area contributed by atoms with Gasteiger partial charge in [0.05, 0.1) is 17.8 Å². The molecular weight excluding hydrogens is 274 g/mol. The van der Waals surface area contributed by atoms with Gasteiger partial charge < -0.3 is 4.74 Å². The van der Waals surface area contributed by atoms with E-state index in [9.17, 15) is 8.42 Å². The third kappa shape index (κ3) is 2.60. The largest absolute Gasteiger partial charge is 0.501 e. The van der Waals surface area contributed by atoms with Crippen LogP contribution in [0, 0.1) is 12.8 Å². The van der Waals surface area contributed by atoms with Gasteiger partial charge in [0, 0.05) is 19.0 Å². The number of rotatable bonds is 4. The minimum absolute atomic E-state index is 0.0743. The quantitative estimate of drug-likeness (QED) is 0.857. The summed E-state index contributed by atoms with van der Waals surface area (Å²) < 4.78 is 32.0. The van der Waals surface area contributed by atoms with Crippen LogP contribution in [0.1, 0.15) is 18.9 Å². The summed E-state index contributed by atoms with van der Waals surface area (Å²) >= 11 is 0. The monoisotopic (exact) mass is 295 g/mol. The highest BCUT2D eigenvalue weighted by Crippen LogP contribution is 2.32. The van der Waals surface area contributed by atoms with Crippen LogP contribution in [0.2, 0.25) is 0 Å². The molecule has 0 saturated heterocycles. The van der Waals surface area contributed by atoms with Crippen LogP contribution >= 0.6 is 0 Å². The lowest BCUT2D eigenvalue weighted by atomic mass is 10.1. The number of benzene rings is 1. The van der Waals surface area contributed by atoms with Crippen molar-refractivity contribution in [2.45, 2.75) is 31.2 Å². The van der Waals surface area contributed by atoms with Gasteiger partial charge in [0.15, 0.2) is 0 Å². The van der Waals surface area contributed by atoms with Gasteiger partial charge in [-0.2, -0.15) is 4.31 Å². The standard InChI is InChI=1S/C15H21NO3S/c1-11-5-7-13(8-6-11)20(17,18)16(3)14-9-10-15(19-4)12(14)2/h5-8,10,12,14H,9H2,1-4H3/t12-,14+/m1/s1. The Morgan fingerprint density at radius 3 is 2.35 bits per heavy atom. The SMILES string of the molecule is COC1=CC[C@H](N(C)S(=O)(=O)c2ccc(C)cc2)[C@H]1C. The van der Waals surface area contributed by atoms with Crippen molar-refractivity contribution in [1.29, 1.82) is 0 Å². The third-order valence-corrected chi connectivity index (χ3v) is 5.88. The van der Waals surface area contributed by atoms with Crippen molar-refractivity contribution < 1.29 is 13.2 Å². The maximum absolute atomic E-state index is 12.6. The minimum atomic E-state index is -3.46. The van der Waals surface area contributed by atoms with Crippen LogP contribution in [0.3, 0.4) is 0 Å². The van der Waals surface area contributed by atoms with Crippen molar-refractivity contribution >= 4 is 10.0 Å². The molecule has 1 aliphatic rings. The third-order valence-electron chi connectivity index (χ3n) is 3.99. The molecule has 1 aliphatic carbocycles. The van der Waals surface area contributed by atoms with Crippen molar-refractivity contribution in [2.24, 2.45) is 5.92 Å². The van der Waals surface area contributed by atoms with E-state index in [0.717, 1.165) is 11.3 Å². The lowest BCUT2D eigenvalue weighted by Gasteiger charge is -2.28. The van der Waals surface area contributed by atoms with E-state index >= 15 is 0 Å². The molecule has 1 aromatic rings. The van der Waals surface area contributed by atoms with E-state index in [1.807, 2.05) is 32.1 Å². The van der Waals surface area contributed by atoms with Crippen molar-refractivity contribution in [3.05, 3.63) is 41.7 Å². The molecule has 110 valence electrons. The molecule has 0 bridgehead atoms. The zero-order valence-electron chi connectivity index (χ0n) is 12.3. The van der Waals surface area contributed by atoms with Gasteiger partial charge in [-0.1, -0.05) is 24.6 Å². The number of aryl methyl sites for hydroxylation is 1. The van der Waals surface area contributed by atoms with Crippen molar-refractivity contribution in [2.75, 3.05) is 14.2 Å². The maximum Gasteiger partial charge on any atom is 0.243 e. The number of methoxy groups -OCH3 is 1. The molecule has 0 radical (unpaired) electrons. The Labute approximate surface area is 121 Å². The molecule has 20 heavy (non-hydrogen) atoms. The van der Waals surface area contributed by atoms with E-state index in [2.05, 4.69) is 0 Å². The zero-order chi connectivity index (χ0) is 14.9. The van der Waals surface area contributed by atoms with Gasteiger partial charge in [-0.05, 0) is 31.6 Å². The van der Waals surface area contributed by atoms with Gasteiger partial charge >= 0.3 is 0 Å². The molecule has 0 amide bonds. The first-order valence-electron chi connectivity index (χ1n) is 6.66. The molecule has 0 saturated carbocycles. The van der Waals surface area contributed by atoms with Gasteiger partial charge in [-0.15, -0.1) is 0 Å². The van der Waals surface area contributed by atoms with Gasteiger partial charge in [0.25, 0.3) is 0 Å². The van der Waals surface area contributed by atoms with Crippen LogP contribution in [0.25, 0.3) is 0 Å². The highest BCUT2D eigenvalue weighted by Gasteiger charge is 2.36. The fourth-order valence-corrected chi connectivity index (χ4v) is 4.04. The fourth-order valence-electron chi connectivity index (χ4n) is 2.60. The van der Waals surface area contributed by atoms with E-state index < -0.39 is 10.0 Å². The summed E-state index contributed by atoms with van der Waals surface area (Å²) in [6.45, 7) is 3.93. The highest BCUT2D eigenvalue weighted by molar-refractivity contribution is 7.89. The topological polar surface area (TPSA) is 46.6 Å². The lowest BCUT2D eigenvalue weighted by Crippen LogP contribution is -2.39. The molecule has 0 aliphatic heterocycles. The first-order chi connectivity index (χ1) is 9.37. The van der Waals surface area contributed by atoms with Crippen molar-refractivity contribution in [1.82, 2.24) is 4.31 Å². The van der Waals surface area contributed by atoms with Gasteiger partial charge in [-0.3, -0.25) is 0 Å². The summed E-state index contributed by atoms with van der Waals surface area (Å²) in [7, 11) is -0.193. The Kier molecular flexibility index (Phi) is 4.20. The molecule has 1 aromatic carbocycles. The van der Waals surface area contributed by atoms with E-state index in [0.29, 0.717) is 11.3 Å². The van der Waals surface area contributed by atoms with Crippen LogP contribution in [0.15, 0.2) is 41.0 Å². The predicted molar refractivity (Wildman–Crippen MR) is 78.8 cm³/mol. The van der Waals surface area contributed by atoms with E-state index in [-0.39, 0.29) is 12.0 Å². The summed E-state index contributed by atoms with van der Waals surface area (Å²) in [5.41, 5.74) is 1.05. The number of sulfonamides is 1. The van der Waals surface area contributed by atoms with Crippen LogP contribution < -0.4 is 0 Å². The Balaban J connectivity index is 2.25. The van der Waals surface area contributed by atoms with Crippen LogP contribution in [-0.2, 0) is 14.8 Å². The Hall–Kier alpha value is -1.33. The molecule has 0 N–H and O–H groups in total. The number of nitrogens with zero attached hydrogens (tertiary/aromatic N) is 1. The number of hydrogen-bond acceptors (Lipinski definition) is 3. The Bertz CT molecular complexity index is 605. The minimum Gasteiger partial charge on any atom is -0.501 e. The first-order valence-corrected chi connectivity index (χ1v) is 8.10.